The van der Waals surface area contributed by atoms with Crippen LogP contribution in [0.1, 0.15) is 20.3 Å². The molecular weight excluding hydrogens is 186 g/mol. The molecule has 3 N–H and O–H groups in total. The largest absolute Gasteiger partial charge is 0.395 e. The third-order valence-corrected chi connectivity index (χ3v) is 2.26. The second-order valence-corrected chi connectivity index (χ2v) is 3.42. The Hall–Kier alpha value is -0.960. The molecule has 1 rings (SSSR count). The maximum atomic E-state index is 5.84. The summed E-state index contributed by atoms with van der Waals surface area (Å²) < 4.78 is 0. The first-order valence-electron chi connectivity index (χ1n) is 4.31. The van der Waals surface area contributed by atoms with E-state index in [9.17, 15) is 0 Å². The van der Waals surface area contributed by atoms with E-state index in [2.05, 4.69) is 24.1 Å². The summed E-state index contributed by atoms with van der Waals surface area (Å²) in [5, 5.41) is 3.72. The average Bonchev–Trinajstić information content (AvgIpc) is 2.13. The lowest BCUT2D eigenvalue weighted by Crippen LogP contribution is -2.15. The van der Waals surface area contributed by atoms with Crippen molar-refractivity contribution in [2.75, 3.05) is 11.1 Å². The lowest BCUT2D eigenvalue weighted by Gasteiger charge is -2.13. The molecule has 0 saturated carbocycles. The van der Waals surface area contributed by atoms with Gasteiger partial charge in [-0.25, -0.2) is 4.98 Å². The molecule has 72 valence electrons. The number of anilines is 2. The number of nitrogens with one attached hydrogen (secondary N) is 1. The summed E-state index contributed by atoms with van der Waals surface area (Å²) in [5.41, 5.74) is 6.25. The number of hydrogen-bond acceptors (Lipinski definition) is 3. The molecule has 1 aromatic heterocycles. The Labute approximate surface area is 83.3 Å². The van der Waals surface area contributed by atoms with Crippen molar-refractivity contribution in [1.82, 2.24) is 4.98 Å². The fourth-order valence-electron chi connectivity index (χ4n) is 0.900. The van der Waals surface area contributed by atoms with Crippen molar-refractivity contribution in [1.29, 1.82) is 0 Å². The molecule has 4 heteroatoms. The van der Waals surface area contributed by atoms with Crippen LogP contribution in [0.3, 0.4) is 0 Å². The van der Waals surface area contributed by atoms with Gasteiger partial charge < -0.3 is 11.1 Å². The monoisotopic (exact) mass is 199 g/mol. The highest BCUT2D eigenvalue weighted by molar-refractivity contribution is 6.33. The summed E-state index contributed by atoms with van der Waals surface area (Å²) >= 11 is 5.84. The second-order valence-electron chi connectivity index (χ2n) is 3.01. The van der Waals surface area contributed by atoms with Crippen molar-refractivity contribution in [2.24, 2.45) is 0 Å². The first kappa shape index (κ1) is 10.1. The molecule has 1 heterocycles. The normalized spacial score (nSPS) is 12.5. The Morgan fingerprint density at radius 2 is 2.38 bits per heavy atom. The number of rotatable bonds is 3. The average molecular weight is 200 g/mol. The van der Waals surface area contributed by atoms with E-state index >= 15 is 0 Å². The van der Waals surface area contributed by atoms with E-state index in [1.165, 1.54) is 0 Å². The van der Waals surface area contributed by atoms with Gasteiger partial charge in [0, 0.05) is 12.2 Å². The minimum Gasteiger partial charge on any atom is -0.395 e. The van der Waals surface area contributed by atoms with Crippen LogP contribution in [0.5, 0.6) is 0 Å². The fraction of sp³-hybridized carbons (Fsp3) is 0.444. The number of pyridine rings is 1. The van der Waals surface area contributed by atoms with Gasteiger partial charge in [-0.15, -0.1) is 0 Å². The molecule has 0 radical (unpaired) electrons. The van der Waals surface area contributed by atoms with Crippen LogP contribution in [0.25, 0.3) is 0 Å². The minimum atomic E-state index is 0.355. The molecule has 3 nitrogen and oxygen atoms in total. The summed E-state index contributed by atoms with van der Waals surface area (Å²) in [6.07, 6.45) is 2.66. The summed E-state index contributed by atoms with van der Waals surface area (Å²) in [7, 11) is 0. The number of hydrogen-bond donors (Lipinski definition) is 2. The molecule has 0 bridgehead atoms. The number of nitrogens with two attached hydrogens (primary N) is 1. The van der Waals surface area contributed by atoms with Crippen LogP contribution in [-0.4, -0.2) is 11.0 Å². The smallest absolute Gasteiger partial charge is 0.150 e. The first-order valence-corrected chi connectivity index (χ1v) is 4.69. The van der Waals surface area contributed by atoms with Crippen LogP contribution < -0.4 is 11.1 Å². The predicted molar refractivity (Wildman–Crippen MR) is 57.0 cm³/mol. The lowest BCUT2D eigenvalue weighted by atomic mass is 10.2. The molecule has 0 aliphatic rings. The van der Waals surface area contributed by atoms with Gasteiger partial charge in [0.1, 0.15) is 0 Å². The number of nitrogen functional groups attached to an aromatic ring is 1. The molecule has 0 fully saturated rings. The van der Waals surface area contributed by atoms with Crippen molar-refractivity contribution in [2.45, 2.75) is 26.3 Å². The van der Waals surface area contributed by atoms with Gasteiger partial charge in [0.25, 0.3) is 0 Å². The molecule has 0 saturated heterocycles. The van der Waals surface area contributed by atoms with Crippen LogP contribution >= 0.6 is 11.6 Å². The highest BCUT2D eigenvalue weighted by Crippen LogP contribution is 2.24. The Morgan fingerprint density at radius 3 is 3.00 bits per heavy atom. The number of halogens is 1. The molecule has 1 atom stereocenters. The van der Waals surface area contributed by atoms with Gasteiger partial charge in [0.05, 0.1) is 10.7 Å². The van der Waals surface area contributed by atoms with Crippen LogP contribution in [0.15, 0.2) is 12.3 Å². The first-order chi connectivity index (χ1) is 6.15. The van der Waals surface area contributed by atoms with Crippen LogP contribution in [0.4, 0.5) is 11.5 Å². The van der Waals surface area contributed by atoms with E-state index in [-0.39, 0.29) is 0 Å². The molecule has 0 aliphatic carbocycles. The van der Waals surface area contributed by atoms with Crippen molar-refractivity contribution in [3.8, 4) is 0 Å². The van der Waals surface area contributed by atoms with Crippen molar-refractivity contribution in [3.05, 3.63) is 17.3 Å². The van der Waals surface area contributed by atoms with E-state index in [0.717, 1.165) is 6.42 Å². The maximum absolute atomic E-state index is 5.84. The van der Waals surface area contributed by atoms with Gasteiger partial charge >= 0.3 is 0 Å². The van der Waals surface area contributed by atoms with Crippen molar-refractivity contribution < 1.29 is 0 Å². The van der Waals surface area contributed by atoms with Gasteiger partial charge in [-0.2, -0.15) is 0 Å². The lowest BCUT2D eigenvalue weighted by molar-refractivity contribution is 0.760. The third-order valence-electron chi connectivity index (χ3n) is 1.93. The molecule has 1 unspecified atom stereocenters. The summed E-state index contributed by atoms with van der Waals surface area (Å²) in [6.45, 7) is 4.17. The Morgan fingerprint density at radius 1 is 1.69 bits per heavy atom. The quantitative estimate of drug-likeness (QED) is 0.787. The highest BCUT2D eigenvalue weighted by atomic mass is 35.5. The minimum absolute atomic E-state index is 0.355. The summed E-state index contributed by atoms with van der Waals surface area (Å²) in [4.78, 5) is 4.11. The van der Waals surface area contributed by atoms with Gasteiger partial charge in [0.2, 0.25) is 0 Å². The molecule has 0 aromatic carbocycles. The van der Waals surface area contributed by atoms with Crippen molar-refractivity contribution >= 4 is 23.1 Å². The Kier molecular flexibility index (Phi) is 3.37. The predicted octanol–water partition coefficient (Wildman–Crippen LogP) is 2.53. The van der Waals surface area contributed by atoms with Gasteiger partial charge in [-0.3, -0.25) is 0 Å². The molecule has 13 heavy (non-hydrogen) atoms. The van der Waals surface area contributed by atoms with E-state index in [1.54, 1.807) is 12.3 Å². The fourth-order valence-corrected chi connectivity index (χ4v) is 1.05. The zero-order chi connectivity index (χ0) is 9.84. The van der Waals surface area contributed by atoms with E-state index in [0.29, 0.717) is 22.6 Å². The molecule has 0 aliphatic heterocycles. The zero-order valence-electron chi connectivity index (χ0n) is 7.84. The third kappa shape index (κ3) is 2.49. The second kappa shape index (κ2) is 4.33. The standard InChI is InChI=1S/C9H14ClN3/c1-3-6(2)13-9-8(11)7(10)4-5-12-9/h4-6H,3,11H2,1-2H3,(H,12,13). The maximum Gasteiger partial charge on any atom is 0.150 e. The van der Waals surface area contributed by atoms with Gasteiger partial charge in [-0.1, -0.05) is 18.5 Å². The van der Waals surface area contributed by atoms with Crippen LogP contribution in [-0.2, 0) is 0 Å². The SMILES string of the molecule is CCC(C)Nc1nccc(Cl)c1N. The van der Waals surface area contributed by atoms with Crippen molar-refractivity contribution in [3.63, 3.8) is 0 Å². The van der Waals surface area contributed by atoms with Gasteiger partial charge in [-0.05, 0) is 19.4 Å². The van der Waals surface area contributed by atoms with Gasteiger partial charge in [0.15, 0.2) is 5.82 Å². The van der Waals surface area contributed by atoms with E-state index in [4.69, 9.17) is 17.3 Å². The van der Waals surface area contributed by atoms with E-state index in [1.807, 2.05) is 0 Å². The molecule has 0 amide bonds. The topological polar surface area (TPSA) is 50.9 Å². The zero-order valence-corrected chi connectivity index (χ0v) is 8.60. The molecule has 1 aromatic rings. The molecular formula is C9H14ClN3. The Bertz CT molecular complexity index is 288. The van der Waals surface area contributed by atoms with Crippen LogP contribution in [0, 0.1) is 0 Å². The Balaban J connectivity index is 2.83. The summed E-state index contributed by atoms with van der Waals surface area (Å²) in [5.74, 6) is 0.668. The summed E-state index contributed by atoms with van der Waals surface area (Å²) in [6, 6.07) is 2.03. The molecule has 0 spiro atoms. The number of nitrogens with zero attached hydrogens (tertiary/aromatic N) is 1. The van der Waals surface area contributed by atoms with E-state index < -0.39 is 0 Å². The number of aromatic nitrogens is 1. The highest BCUT2D eigenvalue weighted by Gasteiger charge is 2.06. The van der Waals surface area contributed by atoms with Crippen LogP contribution in [0.2, 0.25) is 5.02 Å².